The molecule has 1 aromatic carbocycles. The number of amides is 1. The van der Waals surface area contributed by atoms with E-state index in [4.69, 9.17) is 4.74 Å². The molecule has 0 bridgehead atoms. The van der Waals surface area contributed by atoms with E-state index in [-0.39, 0.29) is 29.0 Å². The van der Waals surface area contributed by atoms with Gasteiger partial charge in [-0.2, -0.15) is 0 Å². The molecule has 1 amide bonds. The molecule has 1 aliphatic rings. The van der Waals surface area contributed by atoms with E-state index >= 15 is 0 Å². The van der Waals surface area contributed by atoms with Gasteiger partial charge in [0.25, 0.3) is 0 Å². The molecule has 2 rings (SSSR count). The summed E-state index contributed by atoms with van der Waals surface area (Å²) < 4.78 is 10.0. The number of benzene rings is 1. The fraction of sp³-hybridized carbons (Fsp3) is 0.438. The van der Waals surface area contributed by atoms with E-state index in [1.54, 1.807) is 20.8 Å². The second-order valence-electron chi connectivity index (χ2n) is 6.27. The van der Waals surface area contributed by atoms with Gasteiger partial charge >= 0.3 is 18.0 Å². The Morgan fingerprint density at radius 1 is 1.25 bits per heavy atom. The lowest BCUT2D eigenvalue weighted by Crippen LogP contribution is -2.42. The number of hydrogen-bond acceptors (Lipinski definition) is 6. The lowest BCUT2D eigenvalue weighted by atomic mass is 10.0. The van der Waals surface area contributed by atoms with E-state index in [2.05, 4.69) is 10.1 Å². The highest BCUT2D eigenvalue weighted by Crippen LogP contribution is 2.35. The summed E-state index contributed by atoms with van der Waals surface area (Å²) in [6, 6.07) is 2.64. The topological polar surface area (TPSA) is 105 Å². The van der Waals surface area contributed by atoms with Crippen LogP contribution >= 0.6 is 0 Å². The summed E-state index contributed by atoms with van der Waals surface area (Å²) in [5.41, 5.74) is -0.215. The number of fused-ring (bicyclic) bond motifs is 1. The molecule has 0 spiro atoms. The average Bonchev–Trinajstić information content (AvgIpc) is 2.50. The third kappa shape index (κ3) is 3.58. The van der Waals surface area contributed by atoms with E-state index in [1.165, 1.54) is 24.1 Å². The number of carboxylic acid groups (broad SMARTS) is 1. The fourth-order valence-corrected chi connectivity index (χ4v) is 2.35. The highest BCUT2D eigenvalue weighted by Gasteiger charge is 2.31. The SMILES string of the molecule is COC(=O)c1cc(C(=O)O)c2c(c1)N(C(=O)OC(C)(C)C)CCN2. The number of rotatable bonds is 2. The van der Waals surface area contributed by atoms with Crippen molar-refractivity contribution in [2.75, 3.05) is 30.4 Å². The summed E-state index contributed by atoms with van der Waals surface area (Å²) in [4.78, 5) is 37.1. The Kier molecular flexibility index (Phi) is 4.68. The number of carboxylic acids is 1. The Bertz CT molecular complexity index is 693. The van der Waals surface area contributed by atoms with Crippen LogP contribution in [0, 0.1) is 0 Å². The van der Waals surface area contributed by atoms with Crippen molar-refractivity contribution in [3.63, 3.8) is 0 Å². The summed E-state index contributed by atoms with van der Waals surface area (Å²) in [5.74, 6) is -1.90. The fourth-order valence-electron chi connectivity index (χ4n) is 2.35. The third-order valence-electron chi connectivity index (χ3n) is 3.31. The number of nitrogens with one attached hydrogen (secondary N) is 1. The monoisotopic (exact) mass is 336 g/mol. The van der Waals surface area contributed by atoms with Gasteiger partial charge in [-0.1, -0.05) is 0 Å². The standard InChI is InChI=1S/C16H20N2O6/c1-16(2,3)24-15(22)18-6-5-17-12-10(13(19)20)7-9(8-11(12)18)14(21)23-4/h7-8,17H,5-6H2,1-4H3,(H,19,20). The number of methoxy groups -OCH3 is 1. The quantitative estimate of drug-likeness (QED) is 0.799. The molecule has 130 valence electrons. The van der Waals surface area contributed by atoms with Crippen LogP contribution < -0.4 is 10.2 Å². The van der Waals surface area contributed by atoms with Crippen molar-refractivity contribution in [1.29, 1.82) is 0 Å². The van der Waals surface area contributed by atoms with Crippen LogP contribution in [0.3, 0.4) is 0 Å². The third-order valence-corrected chi connectivity index (χ3v) is 3.31. The summed E-state index contributed by atoms with van der Waals surface area (Å²) >= 11 is 0. The molecule has 8 nitrogen and oxygen atoms in total. The van der Waals surface area contributed by atoms with Gasteiger partial charge in [0.2, 0.25) is 0 Å². The Balaban J connectivity index is 2.54. The van der Waals surface area contributed by atoms with Gasteiger partial charge in [-0.05, 0) is 32.9 Å². The molecule has 0 atom stereocenters. The van der Waals surface area contributed by atoms with Crippen LogP contribution in [0.5, 0.6) is 0 Å². The molecule has 2 N–H and O–H groups in total. The van der Waals surface area contributed by atoms with E-state index in [9.17, 15) is 19.5 Å². The minimum Gasteiger partial charge on any atom is -0.478 e. The first-order valence-corrected chi connectivity index (χ1v) is 7.38. The van der Waals surface area contributed by atoms with Crippen molar-refractivity contribution in [2.45, 2.75) is 26.4 Å². The zero-order valence-electron chi connectivity index (χ0n) is 14.0. The van der Waals surface area contributed by atoms with Crippen LogP contribution in [-0.4, -0.2) is 48.9 Å². The predicted octanol–water partition coefficient (Wildman–Crippen LogP) is 2.34. The molecule has 0 aromatic heterocycles. The van der Waals surface area contributed by atoms with Crippen molar-refractivity contribution in [2.24, 2.45) is 0 Å². The summed E-state index contributed by atoms with van der Waals surface area (Å²) in [7, 11) is 1.20. The van der Waals surface area contributed by atoms with E-state index in [0.717, 1.165) is 0 Å². The van der Waals surface area contributed by atoms with Gasteiger partial charge in [-0.25, -0.2) is 14.4 Å². The number of carbonyl (C=O) groups is 3. The van der Waals surface area contributed by atoms with E-state index in [0.29, 0.717) is 6.54 Å². The smallest absolute Gasteiger partial charge is 0.414 e. The second-order valence-corrected chi connectivity index (χ2v) is 6.27. The molecule has 0 aliphatic carbocycles. The number of nitrogens with zero attached hydrogens (tertiary/aromatic N) is 1. The van der Waals surface area contributed by atoms with Crippen LogP contribution in [0.2, 0.25) is 0 Å². The average molecular weight is 336 g/mol. The molecule has 1 heterocycles. The summed E-state index contributed by atoms with van der Waals surface area (Å²) in [6.07, 6.45) is -0.608. The van der Waals surface area contributed by atoms with Crippen molar-refractivity contribution in [3.8, 4) is 0 Å². The molecule has 0 unspecified atom stereocenters. The molecule has 1 aliphatic heterocycles. The summed E-state index contributed by atoms with van der Waals surface area (Å²) in [6.45, 7) is 5.86. The molecule has 0 radical (unpaired) electrons. The maximum absolute atomic E-state index is 12.4. The van der Waals surface area contributed by atoms with Crippen molar-refractivity contribution >= 4 is 29.4 Å². The van der Waals surface area contributed by atoms with E-state index in [1.807, 2.05) is 0 Å². The van der Waals surface area contributed by atoms with Gasteiger partial charge in [0, 0.05) is 13.1 Å². The van der Waals surface area contributed by atoms with Gasteiger partial charge in [-0.3, -0.25) is 4.90 Å². The summed E-state index contributed by atoms with van der Waals surface area (Å²) in [5, 5.41) is 12.4. The molecule has 24 heavy (non-hydrogen) atoms. The first kappa shape index (κ1) is 17.6. The zero-order chi connectivity index (χ0) is 18.1. The lowest BCUT2D eigenvalue weighted by molar-refractivity contribution is 0.0571. The molecule has 0 saturated carbocycles. The van der Waals surface area contributed by atoms with Gasteiger partial charge in [0.1, 0.15) is 5.60 Å². The first-order chi connectivity index (χ1) is 11.1. The van der Waals surface area contributed by atoms with Crippen LogP contribution in [0.15, 0.2) is 12.1 Å². The van der Waals surface area contributed by atoms with Crippen LogP contribution in [0.25, 0.3) is 0 Å². The maximum Gasteiger partial charge on any atom is 0.414 e. The van der Waals surface area contributed by atoms with Crippen molar-refractivity contribution in [3.05, 3.63) is 23.3 Å². The lowest BCUT2D eigenvalue weighted by Gasteiger charge is -2.33. The first-order valence-electron chi connectivity index (χ1n) is 7.38. The van der Waals surface area contributed by atoms with Gasteiger partial charge < -0.3 is 19.9 Å². The van der Waals surface area contributed by atoms with Gasteiger partial charge in [0.05, 0.1) is 29.6 Å². The van der Waals surface area contributed by atoms with Crippen molar-refractivity contribution < 1.29 is 29.0 Å². The minimum atomic E-state index is -1.21. The molecular weight excluding hydrogens is 316 g/mol. The highest BCUT2D eigenvalue weighted by molar-refractivity contribution is 6.06. The predicted molar refractivity (Wildman–Crippen MR) is 86.8 cm³/mol. The normalized spacial score (nSPS) is 13.6. The number of esters is 1. The van der Waals surface area contributed by atoms with E-state index < -0.39 is 23.6 Å². The molecule has 0 saturated heterocycles. The molecule has 1 aromatic rings. The van der Waals surface area contributed by atoms with Crippen LogP contribution in [0.1, 0.15) is 41.5 Å². The molecule has 8 heteroatoms. The Labute approximate surface area is 139 Å². The second kappa shape index (κ2) is 6.38. The van der Waals surface area contributed by atoms with Crippen LogP contribution in [0.4, 0.5) is 16.2 Å². The van der Waals surface area contributed by atoms with Gasteiger partial charge in [0.15, 0.2) is 0 Å². The number of anilines is 2. The Hall–Kier alpha value is -2.77. The van der Waals surface area contributed by atoms with Crippen molar-refractivity contribution in [1.82, 2.24) is 0 Å². The highest BCUT2D eigenvalue weighted by atomic mass is 16.6. The number of carbonyl (C=O) groups excluding carboxylic acids is 2. The Morgan fingerprint density at radius 3 is 2.46 bits per heavy atom. The van der Waals surface area contributed by atoms with Crippen LogP contribution in [-0.2, 0) is 9.47 Å². The largest absolute Gasteiger partial charge is 0.478 e. The number of ether oxygens (including phenoxy) is 2. The van der Waals surface area contributed by atoms with Gasteiger partial charge in [-0.15, -0.1) is 0 Å². The number of aromatic carboxylic acids is 1. The Morgan fingerprint density at radius 2 is 1.92 bits per heavy atom. The molecular formula is C16H20N2O6. The minimum absolute atomic E-state index is 0.0471. The maximum atomic E-state index is 12.4. The number of hydrogen-bond donors (Lipinski definition) is 2. The molecule has 0 fully saturated rings. The zero-order valence-corrected chi connectivity index (χ0v) is 14.0.